The van der Waals surface area contributed by atoms with Crippen molar-refractivity contribution >= 4 is 50.5 Å². The van der Waals surface area contributed by atoms with Crippen LogP contribution in [-0.2, 0) is 14.8 Å². The summed E-state index contributed by atoms with van der Waals surface area (Å²) in [7, 11) is -4.02. The quantitative estimate of drug-likeness (QED) is 0.199. The summed E-state index contributed by atoms with van der Waals surface area (Å²) >= 11 is 5.98. The van der Waals surface area contributed by atoms with Gasteiger partial charge in [0.25, 0.3) is 21.8 Å². The summed E-state index contributed by atoms with van der Waals surface area (Å²) in [5.41, 5.74) is 5.72. The van der Waals surface area contributed by atoms with E-state index in [4.69, 9.17) is 11.6 Å². The van der Waals surface area contributed by atoms with E-state index < -0.39 is 22.5 Å². The van der Waals surface area contributed by atoms with E-state index >= 15 is 0 Å². The van der Waals surface area contributed by atoms with Crippen LogP contribution in [-0.4, -0.2) is 32.5 Å². The van der Waals surface area contributed by atoms with E-state index in [9.17, 15) is 18.0 Å². The second-order valence-electron chi connectivity index (χ2n) is 8.94. The summed E-state index contributed by atoms with van der Waals surface area (Å²) in [5.74, 6) is -0.941. The molecular formula is C30H27ClN4O4S. The SMILES string of the molecule is C/C(=N/NC(=O)CN(c1cccc(C)c1)S(=O)(=O)c1ccccc1)c1cccc(NC(=O)c2cccc(Cl)c2)c1. The smallest absolute Gasteiger partial charge is 0.264 e. The number of nitrogens with one attached hydrogen (secondary N) is 2. The molecule has 204 valence electrons. The van der Waals surface area contributed by atoms with E-state index in [1.54, 1.807) is 91.9 Å². The number of amides is 2. The highest BCUT2D eigenvalue weighted by Gasteiger charge is 2.27. The van der Waals surface area contributed by atoms with Crippen LogP contribution in [0.5, 0.6) is 0 Å². The fourth-order valence-electron chi connectivity index (χ4n) is 3.85. The number of nitrogens with zero attached hydrogens (tertiary/aromatic N) is 2. The van der Waals surface area contributed by atoms with Crippen LogP contribution in [0.1, 0.15) is 28.4 Å². The first-order valence-corrected chi connectivity index (χ1v) is 14.1. The summed E-state index contributed by atoms with van der Waals surface area (Å²) in [6.07, 6.45) is 0. The van der Waals surface area contributed by atoms with E-state index in [1.807, 2.05) is 13.0 Å². The van der Waals surface area contributed by atoms with Crippen molar-refractivity contribution in [3.63, 3.8) is 0 Å². The molecule has 0 unspecified atom stereocenters. The number of carbonyl (C=O) groups excluding carboxylic acids is 2. The van der Waals surface area contributed by atoms with Crippen molar-refractivity contribution in [2.75, 3.05) is 16.2 Å². The number of hydrogen-bond acceptors (Lipinski definition) is 5. The molecule has 0 atom stereocenters. The third-order valence-corrected chi connectivity index (χ3v) is 7.90. The molecule has 40 heavy (non-hydrogen) atoms. The van der Waals surface area contributed by atoms with Crippen molar-refractivity contribution < 1.29 is 18.0 Å². The lowest BCUT2D eigenvalue weighted by Gasteiger charge is -2.24. The number of benzene rings is 4. The maximum atomic E-state index is 13.5. The van der Waals surface area contributed by atoms with E-state index in [0.29, 0.717) is 33.2 Å². The molecule has 0 aliphatic heterocycles. The van der Waals surface area contributed by atoms with Crippen LogP contribution < -0.4 is 15.0 Å². The Morgan fingerprint density at radius 3 is 2.27 bits per heavy atom. The van der Waals surface area contributed by atoms with Crippen LogP contribution in [0.25, 0.3) is 0 Å². The van der Waals surface area contributed by atoms with Gasteiger partial charge < -0.3 is 5.32 Å². The van der Waals surface area contributed by atoms with Gasteiger partial charge in [0, 0.05) is 16.3 Å². The predicted molar refractivity (Wildman–Crippen MR) is 158 cm³/mol. The Balaban J connectivity index is 1.50. The maximum Gasteiger partial charge on any atom is 0.264 e. The molecular weight excluding hydrogens is 548 g/mol. The lowest BCUT2D eigenvalue weighted by Crippen LogP contribution is -2.39. The zero-order valence-electron chi connectivity index (χ0n) is 21.8. The standard InChI is InChI=1S/C30H27ClN4O4S/c1-21-9-6-14-27(17-21)35(40(38,39)28-15-4-3-5-16-28)20-29(36)34-33-22(2)23-10-8-13-26(19-23)32-30(37)24-11-7-12-25(31)18-24/h3-19H,20H2,1-2H3,(H,32,37)(H,34,36)/b33-22-. The summed E-state index contributed by atoms with van der Waals surface area (Å²) in [6, 6.07) is 28.4. The molecule has 0 bridgehead atoms. The highest BCUT2D eigenvalue weighted by atomic mass is 35.5. The van der Waals surface area contributed by atoms with Gasteiger partial charge in [-0.25, -0.2) is 13.8 Å². The van der Waals surface area contributed by atoms with Crippen LogP contribution in [0, 0.1) is 6.92 Å². The average molecular weight is 575 g/mol. The van der Waals surface area contributed by atoms with Crippen LogP contribution in [0.4, 0.5) is 11.4 Å². The summed E-state index contributed by atoms with van der Waals surface area (Å²) in [4.78, 5) is 25.6. The average Bonchev–Trinajstić information content (AvgIpc) is 2.95. The third-order valence-electron chi connectivity index (χ3n) is 5.88. The molecule has 0 fully saturated rings. The van der Waals surface area contributed by atoms with Crippen molar-refractivity contribution in [2.45, 2.75) is 18.7 Å². The Morgan fingerprint density at radius 2 is 1.55 bits per heavy atom. The second kappa shape index (κ2) is 12.6. The highest BCUT2D eigenvalue weighted by Crippen LogP contribution is 2.24. The monoisotopic (exact) mass is 574 g/mol. The van der Waals surface area contributed by atoms with Crippen molar-refractivity contribution in [3.8, 4) is 0 Å². The number of hydrazone groups is 1. The molecule has 8 nitrogen and oxygen atoms in total. The molecule has 0 radical (unpaired) electrons. The van der Waals surface area contributed by atoms with Crippen LogP contribution >= 0.6 is 11.6 Å². The van der Waals surface area contributed by atoms with E-state index in [1.165, 1.54) is 12.1 Å². The molecule has 0 aliphatic rings. The maximum absolute atomic E-state index is 13.5. The molecule has 0 aliphatic carbocycles. The molecule has 4 aromatic carbocycles. The molecule has 2 N–H and O–H groups in total. The first-order chi connectivity index (χ1) is 19.1. The number of hydrogen-bond donors (Lipinski definition) is 2. The van der Waals surface area contributed by atoms with Gasteiger partial charge in [0.05, 0.1) is 16.3 Å². The number of aryl methyl sites for hydroxylation is 1. The highest BCUT2D eigenvalue weighted by molar-refractivity contribution is 7.92. The number of carbonyl (C=O) groups is 2. The normalized spacial score (nSPS) is 11.5. The van der Waals surface area contributed by atoms with Gasteiger partial charge in [-0.1, -0.05) is 60.1 Å². The largest absolute Gasteiger partial charge is 0.322 e. The lowest BCUT2D eigenvalue weighted by atomic mass is 10.1. The van der Waals surface area contributed by atoms with E-state index in [0.717, 1.165) is 9.87 Å². The molecule has 0 aromatic heterocycles. The van der Waals surface area contributed by atoms with Crippen molar-refractivity contribution in [3.05, 3.63) is 125 Å². The zero-order valence-corrected chi connectivity index (χ0v) is 23.4. The van der Waals surface area contributed by atoms with Crippen LogP contribution in [0.15, 0.2) is 113 Å². The summed E-state index contributed by atoms with van der Waals surface area (Å²) < 4.78 is 28.0. The van der Waals surface area contributed by atoms with Gasteiger partial charge in [-0.2, -0.15) is 5.10 Å². The molecule has 10 heteroatoms. The minimum absolute atomic E-state index is 0.0700. The van der Waals surface area contributed by atoms with E-state index in [2.05, 4.69) is 15.8 Å². The number of halogens is 1. The van der Waals surface area contributed by atoms with Crippen molar-refractivity contribution in [1.82, 2.24) is 5.43 Å². The Labute approximate surface area is 238 Å². The molecule has 0 saturated carbocycles. The fourth-order valence-corrected chi connectivity index (χ4v) is 5.47. The minimum Gasteiger partial charge on any atom is -0.322 e. The third kappa shape index (κ3) is 7.13. The molecule has 0 saturated heterocycles. The number of anilines is 2. The molecule has 4 rings (SSSR count). The fraction of sp³-hybridized carbons (Fsp3) is 0.100. The molecule has 4 aromatic rings. The summed E-state index contributed by atoms with van der Waals surface area (Å²) in [6.45, 7) is 3.06. The molecule has 0 heterocycles. The van der Waals surface area contributed by atoms with Crippen LogP contribution in [0.3, 0.4) is 0 Å². The van der Waals surface area contributed by atoms with Crippen molar-refractivity contribution in [2.24, 2.45) is 5.10 Å². The van der Waals surface area contributed by atoms with Gasteiger partial charge in [0.1, 0.15) is 6.54 Å². The molecule has 0 spiro atoms. The first-order valence-electron chi connectivity index (χ1n) is 12.3. The Bertz CT molecular complexity index is 1670. The van der Waals surface area contributed by atoms with Gasteiger partial charge in [-0.3, -0.25) is 13.9 Å². The van der Waals surface area contributed by atoms with Crippen LogP contribution in [0.2, 0.25) is 5.02 Å². The first kappa shape index (κ1) is 28.5. The van der Waals surface area contributed by atoms with Gasteiger partial charge >= 0.3 is 0 Å². The second-order valence-corrected chi connectivity index (χ2v) is 11.2. The minimum atomic E-state index is -4.02. The Morgan fingerprint density at radius 1 is 0.850 bits per heavy atom. The van der Waals surface area contributed by atoms with E-state index in [-0.39, 0.29) is 10.8 Å². The molecule has 2 amide bonds. The van der Waals surface area contributed by atoms with Gasteiger partial charge in [-0.05, 0) is 79.6 Å². The predicted octanol–water partition coefficient (Wildman–Crippen LogP) is 5.64. The lowest BCUT2D eigenvalue weighted by molar-refractivity contribution is -0.119. The summed E-state index contributed by atoms with van der Waals surface area (Å²) in [5, 5.41) is 7.44. The van der Waals surface area contributed by atoms with Crippen molar-refractivity contribution in [1.29, 1.82) is 0 Å². The number of rotatable bonds is 9. The topological polar surface area (TPSA) is 108 Å². The Hall–Kier alpha value is -4.47. The van der Waals surface area contributed by atoms with Gasteiger partial charge in [0.2, 0.25) is 0 Å². The Kier molecular flexibility index (Phi) is 8.98. The zero-order chi connectivity index (χ0) is 28.7. The van der Waals surface area contributed by atoms with Gasteiger partial charge in [-0.15, -0.1) is 0 Å². The number of sulfonamides is 1. The van der Waals surface area contributed by atoms with Gasteiger partial charge in [0.15, 0.2) is 0 Å².